The Morgan fingerprint density at radius 1 is 0.289 bits per heavy atom. The van der Waals surface area contributed by atoms with Gasteiger partial charge in [0, 0.05) is 6.42 Å². The maximum atomic E-state index is 12.0. The SMILES string of the molecule is CCCCCCCCCCCCCCCCCCCCCCCCCCOC(=O)CCCCCCCCCCCCCCCC. The molecule has 0 bridgehead atoms. The van der Waals surface area contributed by atoms with E-state index in [2.05, 4.69) is 13.8 Å². The summed E-state index contributed by atoms with van der Waals surface area (Å²) in [5, 5.41) is 0. The number of unbranched alkanes of at least 4 members (excludes halogenated alkanes) is 36. The van der Waals surface area contributed by atoms with E-state index in [1.807, 2.05) is 0 Å². The molecule has 0 aliphatic heterocycles. The van der Waals surface area contributed by atoms with Crippen molar-refractivity contribution in [2.75, 3.05) is 6.61 Å². The molecule has 2 nitrogen and oxygen atoms in total. The molecule has 0 aromatic carbocycles. The van der Waals surface area contributed by atoms with Gasteiger partial charge in [-0.25, -0.2) is 0 Å². The maximum absolute atomic E-state index is 12.0. The Morgan fingerprint density at radius 2 is 0.489 bits per heavy atom. The van der Waals surface area contributed by atoms with E-state index in [-0.39, 0.29) is 5.97 Å². The smallest absolute Gasteiger partial charge is 0.305 e. The molecule has 2 heteroatoms. The van der Waals surface area contributed by atoms with Gasteiger partial charge in [-0.15, -0.1) is 0 Å². The van der Waals surface area contributed by atoms with Crippen molar-refractivity contribution in [2.45, 2.75) is 264 Å². The van der Waals surface area contributed by atoms with Crippen LogP contribution >= 0.6 is 0 Å². The van der Waals surface area contributed by atoms with Crippen molar-refractivity contribution in [3.63, 3.8) is 0 Å². The topological polar surface area (TPSA) is 26.3 Å². The highest BCUT2D eigenvalue weighted by atomic mass is 16.5. The zero-order chi connectivity index (χ0) is 32.6. The lowest BCUT2D eigenvalue weighted by Gasteiger charge is -2.06. The molecule has 270 valence electrons. The van der Waals surface area contributed by atoms with Crippen LogP contribution in [0.4, 0.5) is 0 Å². The molecule has 0 unspecified atom stereocenters. The first kappa shape index (κ1) is 44.5. The average Bonchev–Trinajstić information content (AvgIpc) is 3.05. The minimum absolute atomic E-state index is 0.0306. The first-order valence-corrected chi connectivity index (χ1v) is 21.5. The number of hydrogen-bond acceptors (Lipinski definition) is 2. The summed E-state index contributed by atoms with van der Waals surface area (Å²) in [7, 11) is 0. The molecule has 45 heavy (non-hydrogen) atoms. The Balaban J connectivity index is 3.13. The van der Waals surface area contributed by atoms with Gasteiger partial charge in [0.15, 0.2) is 0 Å². The molecule has 0 heterocycles. The monoisotopic (exact) mass is 635 g/mol. The first-order valence-electron chi connectivity index (χ1n) is 21.5. The van der Waals surface area contributed by atoms with Crippen molar-refractivity contribution in [2.24, 2.45) is 0 Å². The van der Waals surface area contributed by atoms with Gasteiger partial charge in [-0.3, -0.25) is 4.79 Å². The molecule has 0 saturated heterocycles. The van der Waals surface area contributed by atoms with Gasteiger partial charge in [0.2, 0.25) is 0 Å². The Hall–Kier alpha value is -0.530. The van der Waals surface area contributed by atoms with Gasteiger partial charge in [-0.05, 0) is 12.8 Å². The fraction of sp³-hybridized carbons (Fsp3) is 0.977. The van der Waals surface area contributed by atoms with E-state index in [1.54, 1.807) is 0 Å². The summed E-state index contributed by atoms with van der Waals surface area (Å²) in [5.41, 5.74) is 0. The average molecular weight is 635 g/mol. The Kier molecular flexibility index (Phi) is 41.0. The van der Waals surface area contributed by atoms with Gasteiger partial charge in [-0.1, -0.05) is 245 Å². The normalized spacial score (nSPS) is 11.4. The predicted molar refractivity (Wildman–Crippen MR) is 202 cm³/mol. The molecule has 0 atom stereocenters. The van der Waals surface area contributed by atoms with Gasteiger partial charge in [0.05, 0.1) is 6.61 Å². The lowest BCUT2D eigenvalue weighted by molar-refractivity contribution is -0.143. The third-order valence-electron chi connectivity index (χ3n) is 10.00. The van der Waals surface area contributed by atoms with E-state index in [0.29, 0.717) is 13.0 Å². The zero-order valence-electron chi connectivity index (χ0n) is 31.6. The minimum atomic E-state index is 0.0306. The molecular formula is C43H86O2. The largest absolute Gasteiger partial charge is 0.466 e. The second-order valence-electron chi connectivity index (χ2n) is 14.7. The second-order valence-corrected chi connectivity index (χ2v) is 14.7. The van der Waals surface area contributed by atoms with Crippen LogP contribution < -0.4 is 0 Å². The van der Waals surface area contributed by atoms with E-state index >= 15 is 0 Å². The Bertz CT molecular complexity index is 530. The third kappa shape index (κ3) is 41.4. The van der Waals surface area contributed by atoms with Crippen LogP contribution in [0.2, 0.25) is 0 Å². The summed E-state index contributed by atoms with van der Waals surface area (Å²) in [5.74, 6) is 0.0306. The van der Waals surface area contributed by atoms with Crippen LogP contribution in [0.3, 0.4) is 0 Å². The molecule has 0 spiro atoms. The van der Waals surface area contributed by atoms with Crippen LogP contribution in [0.1, 0.15) is 264 Å². The van der Waals surface area contributed by atoms with Crippen molar-refractivity contribution in [1.82, 2.24) is 0 Å². The van der Waals surface area contributed by atoms with Crippen LogP contribution in [0.5, 0.6) is 0 Å². The summed E-state index contributed by atoms with van der Waals surface area (Å²) in [4.78, 5) is 12.0. The number of rotatable bonds is 40. The van der Waals surface area contributed by atoms with Gasteiger partial charge < -0.3 is 4.74 Å². The standard InChI is InChI=1S/C43H86O2/c1-3-5-7-9-11-13-15-17-19-20-21-22-23-24-25-26-27-28-30-32-34-36-38-40-42-45-43(44)41-39-37-35-33-31-29-18-16-14-12-10-8-6-4-2/h3-42H2,1-2H3. The van der Waals surface area contributed by atoms with Crippen LogP contribution in [-0.4, -0.2) is 12.6 Å². The highest BCUT2D eigenvalue weighted by Gasteiger charge is 2.03. The van der Waals surface area contributed by atoms with Crippen LogP contribution in [-0.2, 0) is 9.53 Å². The lowest BCUT2D eigenvalue weighted by atomic mass is 10.0. The fourth-order valence-corrected chi connectivity index (χ4v) is 6.79. The van der Waals surface area contributed by atoms with E-state index < -0.39 is 0 Å². The number of carbonyl (C=O) groups excluding carboxylic acids is 1. The quantitative estimate of drug-likeness (QED) is 0.0495. The second kappa shape index (κ2) is 41.5. The molecule has 0 radical (unpaired) electrons. The van der Waals surface area contributed by atoms with Crippen molar-refractivity contribution < 1.29 is 9.53 Å². The molecule has 0 N–H and O–H groups in total. The highest BCUT2D eigenvalue weighted by molar-refractivity contribution is 5.69. The highest BCUT2D eigenvalue weighted by Crippen LogP contribution is 2.16. The van der Waals surface area contributed by atoms with Crippen LogP contribution in [0.25, 0.3) is 0 Å². The number of carbonyl (C=O) groups is 1. The van der Waals surface area contributed by atoms with Crippen molar-refractivity contribution in [1.29, 1.82) is 0 Å². The minimum Gasteiger partial charge on any atom is -0.466 e. The third-order valence-corrected chi connectivity index (χ3v) is 10.00. The predicted octanol–water partition coefficient (Wildman–Crippen LogP) is 15.8. The Morgan fingerprint density at radius 3 is 0.733 bits per heavy atom. The molecule has 0 aliphatic carbocycles. The van der Waals surface area contributed by atoms with Gasteiger partial charge >= 0.3 is 5.97 Å². The van der Waals surface area contributed by atoms with Gasteiger partial charge in [0.25, 0.3) is 0 Å². The first-order chi connectivity index (χ1) is 22.3. The molecule has 0 aromatic heterocycles. The number of ether oxygens (including phenoxy) is 1. The van der Waals surface area contributed by atoms with E-state index in [1.165, 1.54) is 231 Å². The molecule has 0 fully saturated rings. The van der Waals surface area contributed by atoms with Crippen LogP contribution in [0, 0.1) is 0 Å². The molecule has 0 aliphatic rings. The van der Waals surface area contributed by atoms with Gasteiger partial charge in [0.1, 0.15) is 0 Å². The van der Waals surface area contributed by atoms with Gasteiger partial charge in [-0.2, -0.15) is 0 Å². The zero-order valence-corrected chi connectivity index (χ0v) is 31.6. The molecule has 0 aromatic rings. The van der Waals surface area contributed by atoms with Crippen molar-refractivity contribution in [3.05, 3.63) is 0 Å². The molecular weight excluding hydrogens is 548 g/mol. The maximum Gasteiger partial charge on any atom is 0.305 e. The fourth-order valence-electron chi connectivity index (χ4n) is 6.79. The summed E-state index contributed by atoms with van der Waals surface area (Å²) >= 11 is 0. The molecule has 0 amide bonds. The lowest BCUT2D eigenvalue weighted by Crippen LogP contribution is -2.05. The summed E-state index contributed by atoms with van der Waals surface area (Å²) < 4.78 is 5.47. The van der Waals surface area contributed by atoms with E-state index in [0.717, 1.165) is 12.8 Å². The Labute approximate surface area is 285 Å². The molecule has 0 saturated carbocycles. The summed E-state index contributed by atoms with van der Waals surface area (Å²) in [6.45, 7) is 5.23. The van der Waals surface area contributed by atoms with Crippen molar-refractivity contribution >= 4 is 5.97 Å². The van der Waals surface area contributed by atoms with Crippen LogP contribution in [0.15, 0.2) is 0 Å². The summed E-state index contributed by atoms with van der Waals surface area (Å²) in [6, 6.07) is 0. The van der Waals surface area contributed by atoms with E-state index in [9.17, 15) is 4.79 Å². The van der Waals surface area contributed by atoms with Crippen molar-refractivity contribution in [3.8, 4) is 0 Å². The molecule has 0 rings (SSSR count). The number of esters is 1. The van der Waals surface area contributed by atoms with E-state index in [4.69, 9.17) is 4.74 Å². The number of hydrogen-bond donors (Lipinski definition) is 0. The summed E-state index contributed by atoms with van der Waals surface area (Å²) in [6.07, 6.45) is 53.5.